The van der Waals surface area contributed by atoms with E-state index < -0.39 is 40.2 Å². The number of alkyl halides is 2. The van der Waals surface area contributed by atoms with E-state index in [0.29, 0.717) is 42.2 Å². The van der Waals surface area contributed by atoms with Crippen molar-refractivity contribution in [2.24, 2.45) is 28.0 Å². The molecular weight excluding hydrogens is 686 g/mol. The van der Waals surface area contributed by atoms with Gasteiger partial charge in [0.1, 0.15) is 15.7 Å². The fourth-order valence-electron chi connectivity index (χ4n) is 8.37. The maximum atomic E-state index is 14.3. The average Bonchev–Trinajstić information content (AvgIpc) is 3.84. The number of nitrogens with zero attached hydrogens (tertiary/aromatic N) is 2. The van der Waals surface area contributed by atoms with E-state index in [9.17, 15) is 22.6 Å². The third kappa shape index (κ3) is 7.25. The molecule has 2 heterocycles. The van der Waals surface area contributed by atoms with Crippen molar-refractivity contribution < 1.29 is 32.1 Å². The Labute approximate surface area is 297 Å². The Hall–Kier alpha value is -3.22. The highest BCUT2D eigenvalue weighted by Gasteiger charge is 2.46. The second-order valence-electron chi connectivity index (χ2n) is 14.9. The molecule has 0 saturated heterocycles. The highest BCUT2D eigenvalue weighted by atomic mass is 35.5. The number of benzene rings is 2. The third-order valence-corrected chi connectivity index (χ3v) is 13.5. The van der Waals surface area contributed by atoms with Crippen LogP contribution in [-0.2, 0) is 26.5 Å². The molecule has 7 rings (SSSR count). The fourth-order valence-corrected chi connectivity index (χ4v) is 10.4. The molecule has 270 valence electrons. The molecule has 2 aliphatic heterocycles. The van der Waals surface area contributed by atoms with Gasteiger partial charge in [-0.15, -0.1) is 4.36 Å². The van der Waals surface area contributed by atoms with Crippen LogP contribution < -0.4 is 19.7 Å². The van der Waals surface area contributed by atoms with E-state index >= 15 is 0 Å². The van der Waals surface area contributed by atoms with Crippen LogP contribution in [-0.4, -0.2) is 67.3 Å². The zero-order valence-electron chi connectivity index (χ0n) is 28.4. The van der Waals surface area contributed by atoms with Crippen molar-refractivity contribution in [3.05, 3.63) is 70.3 Å². The Bertz CT molecular complexity index is 1800. The van der Waals surface area contributed by atoms with Crippen molar-refractivity contribution in [3.8, 4) is 5.75 Å². The summed E-state index contributed by atoms with van der Waals surface area (Å²) in [6.07, 6.45) is 7.07. The van der Waals surface area contributed by atoms with Gasteiger partial charge in [0.25, 0.3) is 5.91 Å². The molecule has 2 fully saturated rings. The van der Waals surface area contributed by atoms with Crippen LogP contribution in [0.4, 0.5) is 19.3 Å². The van der Waals surface area contributed by atoms with E-state index in [0.717, 1.165) is 44.3 Å². The van der Waals surface area contributed by atoms with Gasteiger partial charge in [0.05, 0.1) is 24.2 Å². The van der Waals surface area contributed by atoms with Gasteiger partial charge in [-0.1, -0.05) is 36.7 Å². The molecule has 3 amide bonds. The largest absolute Gasteiger partial charge is 0.490 e. The summed E-state index contributed by atoms with van der Waals surface area (Å²) in [5.74, 6) is -0.692. The molecule has 0 radical (unpaired) electrons. The lowest BCUT2D eigenvalue weighted by Crippen LogP contribution is -2.49. The van der Waals surface area contributed by atoms with Crippen LogP contribution in [0.1, 0.15) is 66.9 Å². The lowest BCUT2D eigenvalue weighted by molar-refractivity contribution is 0.0131. The van der Waals surface area contributed by atoms with Crippen LogP contribution in [0.5, 0.6) is 5.75 Å². The molecule has 50 heavy (non-hydrogen) atoms. The Morgan fingerprint density at radius 3 is 2.80 bits per heavy atom. The number of carbonyl (C=O) groups excluding carboxylic acids is 2. The summed E-state index contributed by atoms with van der Waals surface area (Å²) < 4.78 is 59.6. The zero-order chi connectivity index (χ0) is 35.2. The van der Waals surface area contributed by atoms with Gasteiger partial charge in [-0.25, -0.2) is 17.8 Å². The topological polar surface area (TPSA) is 109 Å². The quantitative estimate of drug-likeness (QED) is 0.331. The lowest BCUT2D eigenvalue weighted by atomic mass is 9.68. The van der Waals surface area contributed by atoms with E-state index in [1.807, 2.05) is 19.1 Å². The number of carbonyl (C=O) groups is 2. The summed E-state index contributed by atoms with van der Waals surface area (Å²) in [5, 5.41) is 3.19. The number of hydrogen-bond donors (Lipinski definition) is 2. The molecule has 0 aromatic heterocycles. The highest BCUT2D eigenvalue weighted by molar-refractivity contribution is 7.92. The number of anilines is 1. The van der Waals surface area contributed by atoms with E-state index in [4.69, 9.17) is 21.1 Å². The van der Waals surface area contributed by atoms with Crippen molar-refractivity contribution in [1.29, 1.82) is 0 Å². The highest BCUT2D eigenvalue weighted by Crippen LogP contribution is 2.47. The van der Waals surface area contributed by atoms with Gasteiger partial charge in [0.2, 0.25) is 6.43 Å². The summed E-state index contributed by atoms with van der Waals surface area (Å²) in [7, 11) is -1.92. The molecule has 2 unspecified atom stereocenters. The predicted molar refractivity (Wildman–Crippen MR) is 189 cm³/mol. The molecule has 2 N–H and O–H groups in total. The summed E-state index contributed by atoms with van der Waals surface area (Å²) in [6, 6.07) is 9.71. The first-order valence-electron chi connectivity index (χ1n) is 17.6. The SMILES string of the molecule is CO[C@H]1/C=C/C[C@H](C)CS(=O)(NC(=O)N[C@@H]2CC2C(F)F)=NC(=O)c2ccc3c(c2)N(C[C@@H]2CC[C@H]21)C[C@@]1(CCCc2cc(Cl)ccc21)CO3. The number of rotatable bonds is 4. The van der Waals surface area contributed by atoms with Crippen molar-refractivity contribution in [3.63, 3.8) is 0 Å². The molecular formula is C37H45ClF2N4O5S. The lowest BCUT2D eigenvalue weighted by Gasteiger charge is -2.46. The first kappa shape index (κ1) is 35.2. The molecule has 2 aromatic rings. The molecule has 5 aliphatic rings. The number of urea groups is 1. The van der Waals surface area contributed by atoms with Crippen molar-refractivity contribution >= 4 is 39.1 Å². The molecule has 8 atom stereocenters. The van der Waals surface area contributed by atoms with Crippen molar-refractivity contribution in [2.75, 3.05) is 37.5 Å². The number of methoxy groups -OCH3 is 1. The molecule has 13 heteroatoms. The maximum absolute atomic E-state index is 14.3. The Morgan fingerprint density at radius 2 is 2.06 bits per heavy atom. The molecule has 2 bridgehead atoms. The van der Waals surface area contributed by atoms with Gasteiger partial charge < -0.3 is 19.7 Å². The van der Waals surface area contributed by atoms with E-state index in [-0.39, 0.29) is 35.2 Å². The number of amides is 3. The first-order valence-corrected chi connectivity index (χ1v) is 19.7. The average molecular weight is 731 g/mol. The van der Waals surface area contributed by atoms with Gasteiger partial charge in [-0.05, 0) is 104 Å². The minimum absolute atomic E-state index is 0.102. The zero-order valence-corrected chi connectivity index (χ0v) is 30.0. The van der Waals surface area contributed by atoms with E-state index in [1.165, 1.54) is 11.1 Å². The second-order valence-corrected chi connectivity index (χ2v) is 17.3. The van der Waals surface area contributed by atoms with Crippen LogP contribution in [0.3, 0.4) is 0 Å². The smallest absolute Gasteiger partial charge is 0.327 e. The number of hydrogen-bond acceptors (Lipinski definition) is 6. The van der Waals surface area contributed by atoms with Crippen LogP contribution in [0.25, 0.3) is 0 Å². The number of halogens is 3. The maximum Gasteiger partial charge on any atom is 0.327 e. The van der Waals surface area contributed by atoms with Crippen LogP contribution in [0, 0.1) is 23.7 Å². The fraction of sp³-hybridized carbons (Fsp3) is 0.568. The Kier molecular flexibility index (Phi) is 9.90. The minimum Gasteiger partial charge on any atom is -0.490 e. The summed E-state index contributed by atoms with van der Waals surface area (Å²) in [4.78, 5) is 29.1. The van der Waals surface area contributed by atoms with Gasteiger partial charge in [-0.3, -0.25) is 9.52 Å². The third-order valence-electron chi connectivity index (χ3n) is 11.2. The van der Waals surface area contributed by atoms with Gasteiger partial charge >= 0.3 is 6.03 Å². The van der Waals surface area contributed by atoms with E-state index in [2.05, 4.69) is 37.5 Å². The van der Waals surface area contributed by atoms with Crippen molar-refractivity contribution in [1.82, 2.24) is 10.0 Å². The molecule has 2 aromatic carbocycles. The molecule has 1 spiro atoms. The Morgan fingerprint density at radius 1 is 1.22 bits per heavy atom. The van der Waals surface area contributed by atoms with Gasteiger partial charge in [-0.2, -0.15) is 0 Å². The van der Waals surface area contributed by atoms with Crippen LogP contribution in [0.2, 0.25) is 5.02 Å². The van der Waals surface area contributed by atoms with Crippen LogP contribution in [0.15, 0.2) is 52.9 Å². The minimum atomic E-state index is -3.64. The monoisotopic (exact) mass is 730 g/mol. The number of fused-ring (bicyclic) bond motifs is 4. The van der Waals surface area contributed by atoms with Crippen molar-refractivity contribution in [2.45, 2.75) is 75.9 Å². The first-order chi connectivity index (χ1) is 24.0. The molecule has 9 nitrogen and oxygen atoms in total. The number of ether oxygens (including phenoxy) is 2. The number of aryl methyl sites for hydroxylation is 1. The molecule has 2 saturated carbocycles. The number of nitrogens with one attached hydrogen (secondary N) is 2. The summed E-state index contributed by atoms with van der Waals surface area (Å²) in [6.45, 7) is 3.76. The van der Waals surface area contributed by atoms with Gasteiger partial charge in [0, 0.05) is 48.2 Å². The Balaban J connectivity index is 1.26. The second kappa shape index (κ2) is 14.1. The summed E-state index contributed by atoms with van der Waals surface area (Å²) in [5.41, 5.74) is 3.17. The molecule has 3 aliphatic carbocycles. The van der Waals surface area contributed by atoms with Crippen LogP contribution >= 0.6 is 11.6 Å². The summed E-state index contributed by atoms with van der Waals surface area (Å²) >= 11 is 6.43. The standard InChI is InChI=1S/C37H45ClF2N4O5S/c1-22-5-3-7-32(48-2)27-11-8-25(27)18-44-20-37(14-4-6-23-15-26(38)10-12-29(23)37)21-49-33-13-9-24(16-31(33)44)35(45)42-50(47,19-22)43-36(46)41-30-17-28(30)34(39)40/h3,7,9-10,12-13,15-16,22,25,27-28,30,32,34H,4-6,8,11,14,17-21H2,1-2H3,(H2,41,42,43,45,46,47)/b7-3+/t22-,25-,27+,28?,30+,32-,37-,50?/m0/s1. The number of allylic oxidation sites excluding steroid dienone is 1. The van der Waals surface area contributed by atoms with Gasteiger partial charge in [0.15, 0.2) is 0 Å². The predicted octanol–water partition coefficient (Wildman–Crippen LogP) is 6.93. The normalized spacial score (nSPS) is 34.3. The van der Waals surface area contributed by atoms with E-state index in [1.54, 1.807) is 25.3 Å².